The highest BCUT2D eigenvalue weighted by molar-refractivity contribution is 7.71. The third kappa shape index (κ3) is 3.26. The van der Waals surface area contributed by atoms with Crippen molar-refractivity contribution in [2.45, 2.75) is 37.8 Å². The average molecular weight is 359 g/mol. The number of hydrogen-bond donors (Lipinski definition) is 2. The van der Waals surface area contributed by atoms with Crippen LogP contribution in [0.3, 0.4) is 0 Å². The number of nitrogens with zero attached hydrogens (tertiary/aromatic N) is 1. The second kappa shape index (κ2) is 6.38. The monoisotopic (exact) mass is 359 g/mol. The highest BCUT2D eigenvalue weighted by Crippen LogP contribution is 2.38. The lowest BCUT2D eigenvalue weighted by atomic mass is 9.99. The number of carbonyl (C=O) groups excluding carboxylic acids is 1. The molecule has 1 saturated carbocycles. The molecule has 7 heteroatoms. The molecule has 1 amide bonds. The SMILES string of the molecule is Cn1c(=S)[nH]c2cc(C(=O)N[C@@H]3CCO[C@@H](C4CC4)C3)ccc2c1=O. The Kier molecular flexibility index (Phi) is 4.21. The molecule has 1 aliphatic heterocycles. The first-order valence-electron chi connectivity index (χ1n) is 8.68. The van der Waals surface area contributed by atoms with Gasteiger partial charge < -0.3 is 15.0 Å². The van der Waals surface area contributed by atoms with Gasteiger partial charge in [-0.2, -0.15) is 0 Å². The van der Waals surface area contributed by atoms with Gasteiger partial charge in [-0.1, -0.05) is 0 Å². The summed E-state index contributed by atoms with van der Waals surface area (Å²) >= 11 is 5.14. The topological polar surface area (TPSA) is 76.1 Å². The minimum absolute atomic E-state index is 0.122. The highest BCUT2D eigenvalue weighted by atomic mass is 32.1. The fourth-order valence-corrected chi connectivity index (χ4v) is 3.66. The van der Waals surface area contributed by atoms with Crippen LogP contribution in [0.1, 0.15) is 36.0 Å². The zero-order valence-corrected chi connectivity index (χ0v) is 14.9. The van der Waals surface area contributed by atoms with E-state index in [1.807, 2.05) is 0 Å². The maximum absolute atomic E-state index is 12.6. The smallest absolute Gasteiger partial charge is 0.261 e. The summed E-state index contributed by atoms with van der Waals surface area (Å²) in [7, 11) is 1.63. The zero-order valence-electron chi connectivity index (χ0n) is 14.1. The first-order valence-corrected chi connectivity index (χ1v) is 9.09. The summed E-state index contributed by atoms with van der Waals surface area (Å²) in [6.45, 7) is 0.701. The number of ether oxygens (including phenoxy) is 1. The van der Waals surface area contributed by atoms with Crippen molar-refractivity contribution < 1.29 is 9.53 Å². The number of rotatable bonds is 3. The third-order valence-electron chi connectivity index (χ3n) is 5.16. The molecule has 4 rings (SSSR count). The first-order chi connectivity index (χ1) is 12.0. The maximum atomic E-state index is 12.6. The van der Waals surface area contributed by atoms with E-state index in [9.17, 15) is 9.59 Å². The lowest BCUT2D eigenvalue weighted by Gasteiger charge is -2.30. The van der Waals surface area contributed by atoms with E-state index in [1.165, 1.54) is 17.4 Å². The normalized spacial score (nSPS) is 23.6. The van der Waals surface area contributed by atoms with Crippen molar-refractivity contribution in [2.24, 2.45) is 13.0 Å². The van der Waals surface area contributed by atoms with Crippen molar-refractivity contribution >= 4 is 29.0 Å². The van der Waals surface area contributed by atoms with Crippen molar-refractivity contribution in [3.63, 3.8) is 0 Å². The molecule has 1 aromatic heterocycles. The molecule has 6 nitrogen and oxygen atoms in total. The Morgan fingerprint density at radius 3 is 2.92 bits per heavy atom. The summed E-state index contributed by atoms with van der Waals surface area (Å²) in [4.78, 5) is 27.8. The average Bonchev–Trinajstić information content (AvgIpc) is 3.45. The van der Waals surface area contributed by atoms with Gasteiger partial charge in [-0.15, -0.1) is 0 Å². The van der Waals surface area contributed by atoms with Crippen LogP contribution in [0.2, 0.25) is 0 Å². The number of aromatic amines is 1. The molecule has 2 atom stereocenters. The molecule has 1 saturated heterocycles. The van der Waals surface area contributed by atoms with Crippen LogP contribution >= 0.6 is 12.2 Å². The van der Waals surface area contributed by atoms with Crippen LogP contribution in [0.25, 0.3) is 10.9 Å². The van der Waals surface area contributed by atoms with E-state index in [4.69, 9.17) is 17.0 Å². The van der Waals surface area contributed by atoms with Gasteiger partial charge in [0.05, 0.1) is 17.0 Å². The highest BCUT2D eigenvalue weighted by Gasteiger charge is 2.36. The Morgan fingerprint density at radius 2 is 2.16 bits per heavy atom. The van der Waals surface area contributed by atoms with Crippen LogP contribution in [-0.2, 0) is 11.8 Å². The predicted octanol–water partition coefficient (Wildman–Crippen LogP) is 2.28. The zero-order chi connectivity index (χ0) is 17.6. The summed E-state index contributed by atoms with van der Waals surface area (Å²) < 4.78 is 7.54. The Balaban J connectivity index is 1.54. The van der Waals surface area contributed by atoms with E-state index >= 15 is 0 Å². The Labute approximate surface area is 150 Å². The summed E-state index contributed by atoms with van der Waals surface area (Å²) in [6.07, 6.45) is 4.49. The van der Waals surface area contributed by atoms with E-state index in [0.717, 1.165) is 12.8 Å². The molecule has 2 aromatic rings. The summed E-state index contributed by atoms with van der Waals surface area (Å²) in [5.41, 5.74) is 0.951. The van der Waals surface area contributed by atoms with Crippen LogP contribution < -0.4 is 10.9 Å². The summed E-state index contributed by atoms with van der Waals surface area (Å²) in [6, 6.07) is 5.20. The van der Waals surface area contributed by atoms with Gasteiger partial charge >= 0.3 is 0 Å². The van der Waals surface area contributed by atoms with Crippen LogP contribution in [0, 0.1) is 10.7 Å². The molecule has 2 aliphatic rings. The molecule has 0 unspecified atom stereocenters. The van der Waals surface area contributed by atoms with Crippen molar-refractivity contribution in [3.05, 3.63) is 38.9 Å². The number of hydrogen-bond acceptors (Lipinski definition) is 4. The van der Waals surface area contributed by atoms with E-state index in [2.05, 4.69) is 10.3 Å². The molecule has 2 heterocycles. The minimum atomic E-state index is -0.164. The lowest BCUT2D eigenvalue weighted by Crippen LogP contribution is -2.42. The number of aromatic nitrogens is 2. The van der Waals surface area contributed by atoms with Crippen molar-refractivity contribution in [2.75, 3.05) is 6.61 Å². The van der Waals surface area contributed by atoms with Gasteiger partial charge in [0.15, 0.2) is 4.77 Å². The molecule has 25 heavy (non-hydrogen) atoms. The molecular weight excluding hydrogens is 338 g/mol. The molecule has 0 spiro atoms. The molecule has 1 aliphatic carbocycles. The number of benzene rings is 1. The Bertz CT molecular complexity index is 945. The minimum Gasteiger partial charge on any atom is -0.378 e. The molecule has 0 bridgehead atoms. The number of fused-ring (bicyclic) bond motifs is 1. The summed E-state index contributed by atoms with van der Waals surface area (Å²) in [5.74, 6) is 0.556. The van der Waals surface area contributed by atoms with Crippen molar-refractivity contribution in [3.8, 4) is 0 Å². The van der Waals surface area contributed by atoms with Gasteiger partial charge in [0.2, 0.25) is 0 Å². The number of amides is 1. The fourth-order valence-electron chi connectivity index (χ4n) is 3.47. The second-order valence-corrected chi connectivity index (χ2v) is 7.38. The molecule has 0 radical (unpaired) electrons. The quantitative estimate of drug-likeness (QED) is 0.825. The number of carbonyl (C=O) groups is 1. The molecule has 132 valence electrons. The van der Waals surface area contributed by atoms with E-state index in [1.54, 1.807) is 25.2 Å². The maximum Gasteiger partial charge on any atom is 0.261 e. The van der Waals surface area contributed by atoms with E-state index < -0.39 is 0 Å². The van der Waals surface area contributed by atoms with Gasteiger partial charge in [-0.25, -0.2) is 0 Å². The molecule has 2 fully saturated rings. The van der Waals surface area contributed by atoms with E-state index in [0.29, 0.717) is 33.8 Å². The third-order valence-corrected chi connectivity index (χ3v) is 5.54. The number of nitrogens with one attached hydrogen (secondary N) is 2. The molecular formula is C18H21N3O3S. The fraction of sp³-hybridized carbons (Fsp3) is 0.500. The van der Waals surface area contributed by atoms with Crippen molar-refractivity contribution in [1.82, 2.24) is 14.9 Å². The van der Waals surface area contributed by atoms with Crippen molar-refractivity contribution in [1.29, 1.82) is 0 Å². The van der Waals surface area contributed by atoms with Gasteiger partial charge in [0, 0.05) is 25.3 Å². The standard InChI is InChI=1S/C18H21N3O3S/c1-21-17(23)13-5-4-11(8-14(13)20-18(21)25)16(22)19-12-6-7-24-15(9-12)10-2-3-10/h4-5,8,10,12,15H,2-3,6-7,9H2,1H3,(H,19,22)(H,20,25)/t12-,15-/m1/s1. The van der Waals surface area contributed by atoms with Crippen LogP contribution in [-0.4, -0.2) is 34.2 Å². The van der Waals surface area contributed by atoms with Gasteiger partial charge in [0.25, 0.3) is 11.5 Å². The molecule has 1 aromatic carbocycles. The van der Waals surface area contributed by atoms with Gasteiger partial charge in [0.1, 0.15) is 0 Å². The Hall–Kier alpha value is -1.99. The second-order valence-electron chi connectivity index (χ2n) is 7.00. The first kappa shape index (κ1) is 16.5. The van der Waals surface area contributed by atoms with Crippen LogP contribution in [0.15, 0.2) is 23.0 Å². The summed E-state index contributed by atoms with van der Waals surface area (Å²) in [5, 5.41) is 3.63. The van der Waals surface area contributed by atoms with Gasteiger partial charge in [-0.3, -0.25) is 14.2 Å². The van der Waals surface area contributed by atoms with Crippen LogP contribution in [0.4, 0.5) is 0 Å². The largest absolute Gasteiger partial charge is 0.378 e. The van der Waals surface area contributed by atoms with Crippen LogP contribution in [0.5, 0.6) is 0 Å². The lowest BCUT2D eigenvalue weighted by molar-refractivity contribution is -0.0102. The Morgan fingerprint density at radius 1 is 1.36 bits per heavy atom. The molecule has 2 N–H and O–H groups in total. The van der Waals surface area contributed by atoms with E-state index in [-0.39, 0.29) is 23.6 Å². The predicted molar refractivity (Wildman–Crippen MR) is 97.3 cm³/mol. The number of H-pyrrole nitrogens is 1. The van der Waals surface area contributed by atoms with Gasteiger partial charge in [-0.05, 0) is 62.0 Å².